The molecule has 0 spiro atoms. The van der Waals surface area contributed by atoms with Gasteiger partial charge >= 0.3 is 0 Å². The molecule has 4 heteroatoms. The van der Waals surface area contributed by atoms with Gasteiger partial charge in [-0.05, 0) is 23.1 Å². The van der Waals surface area contributed by atoms with Crippen molar-refractivity contribution in [2.45, 2.75) is 22.8 Å². The lowest BCUT2D eigenvalue weighted by molar-refractivity contribution is 0.105. The van der Waals surface area contributed by atoms with Gasteiger partial charge in [0.2, 0.25) is 0 Å². The fraction of sp³-hybridized carbons (Fsp3) is 0.238. The topological polar surface area (TPSA) is 9.23 Å². The molecule has 1 aromatic heterocycles. The van der Waals surface area contributed by atoms with Crippen LogP contribution in [0.4, 0.5) is 0 Å². The highest BCUT2D eigenvalue weighted by molar-refractivity contribution is 7.10. The fourth-order valence-electron chi connectivity index (χ4n) is 4.56. The highest BCUT2D eigenvalue weighted by Gasteiger charge is 2.92. The average molecular weight is 387 g/mol. The molecule has 2 heterocycles. The van der Waals surface area contributed by atoms with Gasteiger partial charge in [-0.25, -0.2) is 0 Å². The second kappa shape index (κ2) is 5.03. The van der Waals surface area contributed by atoms with Gasteiger partial charge in [0.05, 0.1) is 10.3 Å². The summed E-state index contributed by atoms with van der Waals surface area (Å²) in [4.78, 5) is 1.08. The van der Waals surface area contributed by atoms with Crippen LogP contribution >= 0.6 is 34.5 Å². The van der Waals surface area contributed by atoms with Crippen LogP contribution in [0.1, 0.15) is 28.8 Å². The zero-order valence-electron chi connectivity index (χ0n) is 13.6. The van der Waals surface area contributed by atoms with E-state index in [2.05, 4.69) is 43.3 Å². The zero-order valence-corrected chi connectivity index (χ0v) is 15.9. The molecule has 3 aromatic rings. The lowest BCUT2D eigenvalue weighted by Gasteiger charge is -2.36. The standard InChI is InChI=1S/C21H16Cl2OS/c1-19-18(14-8-3-2-4-9-14)15-10-5-6-11-16(15)24-20(19,21(19,22)23)17-12-7-13-25-17/h2-13,18H,1H3/t18-,19+,20-/m0/s1. The number of alkyl halides is 2. The molecule has 1 aliphatic carbocycles. The Bertz CT molecular complexity index is 938. The second-order valence-corrected chi connectivity index (χ2v) is 9.19. The Balaban J connectivity index is 1.81. The minimum atomic E-state index is -1.01. The highest BCUT2D eigenvalue weighted by atomic mass is 35.5. The van der Waals surface area contributed by atoms with Crippen molar-refractivity contribution in [3.63, 3.8) is 0 Å². The largest absolute Gasteiger partial charge is 0.477 e. The van der Waals surface area contributed by atoms with Gasteiger partial charge in [0.15, 0.2) is 9.93 Å². The minimum absolute atomic E-state index is 0.0655. The predicted molar refractivity (Wildman–Crippen MR) is 104 cm³/mol. The van der Waals surface area contributed by atoms with Crippen molar-refractivity contribution in [3.8, 4) is 5.75 Å². The minimum Gasteiger partial charge on any atom is -0.477 e. The summed E-state index contributed by atoms with van der Waals surface area (Å²) in [5, 5.41) is 2.05. The third kappa shape index (κ3) is 1.71. The van der Waals surface area contributed by atoms with Crippen LogP contribution in [0.3, 0.4) is 0 Å². The summed E-state index contributed by atoms with van der Waals surface area (Å²) in [5.74, 6) is 0.932. The molecule has 126 valence electrons. The number of rotatable bonds is 2. The fourth-order valence-corrected chi connectivity index (χ4v) is 6.77. The molecule has 1 saturated carbocycles. The molecule has 1 aliphatic heterocycles. The van der Waals surface area contributed by atoms with Crippen molar-refractivity contribution < 1.29 is 4.74 Å². The van der Waals surface area contributed by atoms with Gasteiger partial charge in [-0.1, -0.05) is 84.7 Å². The molecular formula is C21H16Cl2OS. The number of fused-ring (bicyclic) bond motifs is 2. The zero-order chi connectivity index (χ0) is 17.3. The van der Waals surface area contributed by atoms with Crippen LogP contribution < -0.4 is 4.74 Å². The predicted octanol–water partition coefficient (Wildman–Crippen LogP) is 6.36. The van der Waals surface area contributed by atoms with Crippen molar-refractivity contribution >= 4 is 34.5 Å². The Hall–Kier alpha value is -1.48. The Morgan fingerprint density at radius 3 is 2.36 bits per heavy atom. The monoisotopic (exact) mass is 386 g/mol. The van der Waals surface area contributed by atoms with Crippen LogP contribution in [0.15, 0.2) is 72.1 Å². The first-order chi connectivity index (χ1) is 12.0. The van der Waals surface area contributed by atoms with Gasteiger partial charge < -0.3 is 4.74 Å². The van der Waals surface area contributed by atoms with E-state index in [4.69, 9.17) is 27.9 Å². The van der Waals surface area contributed by atoms with Crippen LogP contribution in [0.5, 0.6) is 5.75 Å². The quantitative estimate of drug-likeness (QED) is 0.465. The molecule has 0 N–H and O–H groups in total. The third-order valence-corrected chi connectivity index (χ3v) is 8.12. The normalized spacial score (nSPS) is 31.6. The highest BCUT2D eigenvalue weighted by Crippen LogP contribution is 2.85. The number of thiophene rings is 1. The van der Waals surface area contributed by atoms with E-state index in [0.29, 0.717) is 0 Å². The van der Waals surface area contributed by atoms with E-state index in [1.165, 1.54) is 5.56 Å². The van der Waals surface area contributed by atoms with E-state index in [9.17, 15) is 0 Å². The summed E-state index contributed by atoms with van der Waals surface area (Å²) < 4.78 is 5.54. The first-order valence-electron chi connectivity index (χ1n) is 8.29. The molecule has 0 bridgehead atoms. The molecule has 25 heavy (non-hydrogen) atoms. The molecule has 1 fully saturated rings. The maximum absolute atomic E-state index is 6.98. The van der Waals surface area contributed by atoms with Crippen LogP contribution in [0, 0.1) is 5.41 Å². The van der Waals surface area contributed by atoms with Crippen LogP contribution in [-0.4, -0.2) is 4.33 Å². The number of hydrogen-bond donors (Lipinski definition) is 0. The van der Waals surface area contributed by atoms with E-state index < -0.39 is 15.3 Å². The second-order valence-electron chi connectivity index (χ2n) is 6.92. The van der Waals surface area contributed by atoms with E-state index in [0.717, 1.165) is 16.2 Å². The Labute approximate surface area is 161 Å². The Morgan fingerprint density at radius 2 is 1.64 bits per heavy atom. The van der Waals surface area contributed by atoms with E-state index in [1.54, 1.807) is 11.3 Å². The van der Waals surface area contributed by atoms with Gasteiger partial charge in [0.1, 0.15) is 5.75 Å². The van der Waals surface area contributed by atoms with Crippen molar-refractivity contribution in [2.24, 2.45) is 5.41 Å². The van der Waals surface area contributed by atoms with Crippen molar-refractivity contribution in [2.75, 3.05) is 0 Å². The average Bonchev–Trinajstić information content (AvgIpc) is 3.01. The molecular weight excluding hydrogens is 371 g/mol. The van der Waals surface area contributed by atoms with E-state index in [-0.39, 0.29) is 5.92 Å². The molecule has 0 unspecified atom stereocenters. The number of ether oxygens (including phenoxy) is 1. The third-order valence-electron chi connectivity index (χ3n) is 5.83. The molecule has 2 aliphatic rings. The summed E-state index contributed by atoms with van der Waals surface area (Å²) in [6, 6.07) is 22.8. The number of halogens is 2. The number of hydrogen-bond acceptors (Lipinski definition) is 2. The molecule has 3 atom stereocenters. The van der Waals surface area contributed by atoms with Crippen LogP contribution in [-0.2, 0) is 5.60 Å². The summed E-state index contributed by atoms with van der Waals surface area (Å²) in [6.45, 7) is 2.15. The van der Waals surface area contributed by atoms with Crippen molar-refractivity contribution in [3.05, 3.63) is 88.1 Å². The SMILES string of the molecule is C[C@@]12[C@@H](c3ccccc3)c3ccccc3O[C@]1(c1cccs1)C2(Cl)Cl. The van der Waals surface area contributed by atoms with Gasteiger partial charge in [-0.2, -0.15) is 0 Å². The van der Waals surface area contributed by atoms with Crippen LogP contribution in [0.25, 0.3) is 0 Å². The maximum atomic E-state index is 6.98. The lowest BCUT2D eigenvalue weighted by atomic mass is 9.75. The van der Waals surface area contributed by atoms with Gasteiger partial charge in [0.25, 0.3) is 0 Å². The van der Waals surface area contributed by atoms with E-state index in [1.807, 2.05) is 35.7 Å². The summed E-state index contributed by atoms with van der Waals surface area (Å²) >= 11 is 15.6. The molecule has 1 nitrogen and oxygen atoms in total. The van der Waals surface area contributed by atoms with Gasteiger partial charge in [-0.3, -0.25) is 0 Å². The van der Waals surface area contributed by atoms with Crippen molar-refractivity contribution in [1.29, 1.82) is 0 Å². The Kier molecular flexibility index (Phi) is 3.17. The number of benzene rings is 2. The van der Waals surface area contributed by atoms with Crippen LogP contribution in [0.2, 0.25) is 0 Å². The molecule has 2 aromatic carbocycles. The summed E-state index contributed by atoms with van der Waals surface area (Å²) in [5.41, 5.74) is 1.17. The first-order valence-corrected chi connectivity index (χ1v) is 9.92. The molecule has 0 saturated heterocycles. The first kappa shape index (κ1) is 15.7. The van der Waals surface area contributed by atoms with Crippen molar-refractivity contribution in [1.82, 2.24) is 0 Å². The summed E-state index contributed by atoms with van der Waals surface area (Å²) in [6.07, 6.45) is 0. The molecule has 0 amide bonds. The maximum Gasteiger partial charge on any atom is 0.186 e. The van der Waals surface area contributed by atoms with E-state index >= 15 is 0 Å². The van der Waals surface area contributed by atoms with Gasteiger partial charge in [0, 0.05) is 11.5 Å². The molecule has 5 rings (SSSR count). The Morgan fingerprint density at radius 1 is 0.920 bits per heavy atom. The smallest absolute Gasteiger partial charge is 0.186 e. The van der Waals surface area contributed by atoms with Gasteiger partial charge in [-0.15, -0.1) is 11.3 Å². The lowest BCUT2D eigenvalue weighted by Crippen LogP contribution is -2.32. The molecule has 0 radical (unpaired) electrons. The summed E-state index contributed by atoms with van der Waals surface area (Å²) in [7, 11) is 0. The number of para-hydroxylation sites is 1.